The summed E-state index contributed by atoms with van der Waals surface area (Å²) in [5.74, 6) is 1.63. The van der Waals surface area contributed by atoms with E-state index in [-0.39, 0.29) is 30.0 Å². The van der Waals surface area contributed by atoms with Gasteiger partial charge in [0.05, 0.1) is 7.05 Å². The highest BCUT2D eigenvalue weighted by atomic mass is 127. The maximum Gasteiger partial charge on any atom is 0.415 e. The smallest absolute Gasteiger partial charge is 0.415 e. The Balaban J connectivity index is 0.00000133. The zero-order valence-electron chi connectivity index (χ0n) is 11.5. The number of halogens is 1. The summed E-state index contributed by atoms with van der Waals surface area (Å²) in [6, 6.07) is 0.139. The van der Waals surface area contributed by atoms with Crippen molar-refractivity contribution in [3.05, 3.63) is 18.7 Å². The number of carbonyl (C=O) groups is 1. The van der Waals surface area contributed by atoms with E-state index in [4.69, 9.17) is 0 Å². The average Bonchev–Trinajstić information content (AvgIpc) is 2.84. The number of imidazole rings is 1. The molecular formula is C14H22IN3O. The lowest BCUT2D eigenvalue weighted by Crippen LogP contribution is -3.00. The quantitative estimate of drug-likeness (QED) is 0.414. The van der Waals surface area contributed by atoms with Crippen LogP contribution in [0.25, 0.3) is 0 Å². The third-order valence-electron chi connectivity index (χ3n) is 4.55. The molecule has 3 rings (SSSR count). The zero-order chi connectivity index (χ0) is 12.5. The van der Waals surface area contributed by atoms with Crippen LogP contribution in [0.4, 0.5) is 4.79 Å². The fourth-order valence-electron chi connectivity index (χ4n) is 3.50. The Morgan fingerprint density at radius 3 is 2.63 bits per heavy atom. The standard InChI is InChI=1S/C14H22N3O.HI/c1-15-8-9-17(11-15)14(18)16-7-6-12-4-2-3-5-13(12)10-16;/h8-9,11-13H,2-7,10H2,1H3;1H/q+1;/p-1. The first-order valence-electron chi connectivity index (χ1n) is 7.06. The Hall–Kier alpha value is -0.590. The molecule has 2 atom stereocenters. The number of nitrogens with zero attached hydrogens (tertiary/aromatic N) is 3. The van der Waals surface area contributed by atoms with Gasteiger partial charge in [0, 0.05) is 13.1 Å². The molecule has 2 unspecified atom stereocenters. The molecule has 1 aliphatic heterocycles. The van der Waals surface area contributed by atoms with E-state index in [1.54, 1.807) is 4.57 Å². The van der Waals surface area contributed by atoms with Gasteiger partial charge in [0.1, 0.15) is 12.4 Å². The highest BCUT2D eigenvalue weighted by Crippen LogP contribution is 2.36. The molecule has 19 heavy (non-hydrogen) atoms. The minimum absolute atomic E-state index is 0. The third-order valence-corrected chi connectivity index (χ3v) is 4.55. The van der Waals surface area contributed by atoms with Gasteiger partial charge in [-0.1, -0.05) is 19.3 Å². The van der Waals surface area contributed by atoms with Gasteiger partial charge < -0.3 is 28.9 Å². The Kier molecular flexibility index (Phi) is 4.86. The third kappa shape index (κ3) is 3.12. The molecule has 1 aliphatic carbocycles. The second kappa shape index (κ2) is 6.24. The molecule has 106 valence electrons. The van der Waals surface area contributed by atoms with Crippen molar-refractivity contribution in [3.63, 3.8) is 0 Å². The summed E-state index contributed by atoms with van der Waals surface area (Å²) >= 11 is 0. The van der Waals surface area contributed by atoms with Gasteiger partial charge in [-0.25, -0.2) is 9.36 Å². The fourth-order valence-corrected chi connectivity index (χ4v) is 3.50. The van der Waals surface area contributed by atoms with Crippen molar-refractivity contribution in [3.8, 4) is 0 Å². The first-order chi connectivity index (χ1) is 8.74. The second-order valence-electron chi connectivity index (χ2n) is 5.81. The van der Waals surface area contributed by atoms with E-state index in [2.05, 4.69) is 0 Å². The molecule has 2 aliphatic rings. The first-order valence-corrected chi connectivity index (χ1v) is 7.06. The van der Waals surface area contributed by atoms with Crippen LogP contribution in [0, 0.1) is 11.8 Å². The molecule has 0 radical (unpaired) electrons. The lowest BCUT2D eigenvalue weighted by Gasteiger charge is -2.40. The average molecular weight is 375 g/mol. The van der Waals surface area contributed by atoms with Crippen molar-refractivity contribution < 1.29 is 33.3 Å². The topological polar surface area (TPSA) is 29.1 Å². The maximum absolute atomic E-state index is 12.4. The molecule has 1 saturated carbocycles. The van der Waals surface area contributed by atoms with Gasteiger partial charge in [0.25, 0.3) is 6.33 Å². The number of piperidine rings is 1. The van der Waals surface area contributed by atoms with E-state index < -0.39 is 0 Å². The van der Waals surface area contributed by atoms with Crippen LogP contribution in [0.2, 0.25) is 0 Å². The minimum atomic E-state index is 0. The van der Waals surface area contributed by atoms with Gasteiger partial charge in [-0.05, 0) is 24.7 Å². The normalized spacial score (nSPS) is 26.5. The number of carbonyl (C=O) groups excluding carboxylic acids is 1. The SMILES string of the molecule is C[n+]1ccn(C(=O)N2CCC3CCCCC3C2)c1.[I-]. The lowest BCUT2D eigenvalue weighted by atomic mass is 9.75. The molecule has 0 spiro atoms. The fraction of sp³-hybridized carbons (Fsp3) is 0.714. The van der Waals surface area contributed by atoms with E-state index in [0.717, 1.165) is 24.9 Å². The molecule has 0 aromatic carbocycles. The highest BCUT2D eigenvalue weighted by Gasteiger charge is 2.34. The summed E-state index contributed by atoms with van der Waals surface area (Å²) in [7, 11) is 1.94. The Bertz CT molecular complexity index is 446. The molecule has 1 saturated heterocycles. The number of likely N-dealkylation sites (tertiary alicyclic amines) is 1. The molecule has 1 aromatic rings. The summed E-state index contributed by atoms with van der Waals surface area (Å²) in [6.45, 7) is 1.90. The van der Waals surface area contributed by atoms with Crippen LogP contribution in [-0.2, 0) is 7.05 Å². The van der Waals surface area contributed by atoms with Gasteiger partial charge in [0.2, 0.25) is 0 Å². The largest absolute Gasteiger partial charge is 1.00 e. The molecular weight excluding hydrogens is 353 g/mol. The molecule has 4 nitrogen and oxygen atoms in total. The summed E-state index contributed by atoms with van der Waals surface area (Å²) in [5, 5.41) is 0. The molecule has 5 heteroatoms. The van der Waals surface area contributed by atoms with E-state index in [0.29, 0.717) is 0 Å². The van der Waals surface area contributed by atoms with Crippen LogP contribution >= 0.6 is 0 Å². The van der Waals surface area contributed by atoms with Gasteiger partial charge in [-0.2, -0.15) is 4.57 Å². The van der Waals surface area contributed by atoms with E-state index in [9.17, 15) is 4.79 Å². The van der Waals surface area contributed by atoms with Crippen molar-refractivity contribution in [1.29, 1.82) is 0 Å². The predicted octanol–water partition coefficient (Wildman–Crippen LogP) is -1.20. The zero-order valence-corrected chi connectivity index (χ0v) is 13.6. The van der Waals surface area contributed by atoms with Crippen LogP contribution in [0.1, 0.15) is 32.1 Å². The summed E-state index contributed by atoms with van der Waals surface area (Å²) < 4.78 is 3.61. The number of aromatic nitrogens is 2. The number of hydrogen-bond acceptors (Lipinski definition) is 1. The highest BCUT2D eigenvalue weighted by molar-refractivity contribution is 5.76. The van der Waals surface area contributed by atoms with E-state index in [1.165, 1.54) is 32.1 Å². The van der Waals surface area contributed by atoms with Crippen molar-refractivity contribution in [2.24, 2.45) is 18.9 Å². The lowest BCUT2D eigenvalue weighted by molar-refractivity contribution is -0.670. The molecule has 1 amide bonds. The maximum atomic E-state index is 12.4. The van der Waals surface area contributed by atoms with Crippen molar-refractivity contribution in [1.82, 2.24) is 9.47 Å². The van der Waals surface area contributed by atoms with Crippen LogP contribution in [0.3, 0.4) is 0 Å². The minimum Gasteiger partial charge on any atom is -1.00 e. The number of rotatable bonds is 0. The summed E-state index contributed by atoms with van der Waals surface area (Å²) in [6.07, 6.45) is 12.2. The van der Waals surface area contributed by atoms with Gasteiger partial charge in [-0.15, -0.1) is 0 Å². The van der Waals surface area contributed by atoms with E-state index in [1.807, 2.05) is 35.2 Å². The molecule has 0 bridgehead atoms. The van der Waals surface area contributed by atoms with Crippen LogP contribution in [0.5, 0.6) is 0 Å². The summed E-state index contributed by atoms with van der Waals surface area (Å²) in [4.78, 5) is 14.4. The Morgan fingerprint density at radius 2 is 1.95 bits per heavy atom. The number of fused-ring (bicyclic) bond motifs is 1. The van der Waals surface area contributed by atoms with Crippen LogP contribution in [0.15, 0.2) is 18.7 Å². The first kappa shape index (κ1) is 14.8. The van der Waals surface area contributed by atoms with Crippen molar-refractivity contribution in [2.45, 2.75) is 32.1 Å². The van der Waals surface area contributed by atoms with E-state index >= 15 is 0 Å². The van der Waals surface area contributed by atoms with Gasteiger partial charge in [0.15, 0.2) is 0 Å². The monoisotopic (exact) mass is 375 g/mol. The molecule has 0 N–H and O–H groups in total. The number of amides is 1. The number of aryl methyl sites for hydroxylation is 1. The van der Waals surface area contributed by atoms with Crippen LogP contribution < -0.4 is 28.5 Å². The molecule has 2 heterocycles. The molecule has 1 aromatic heterocycles. The van der Waals surface area contributed by atoms with Crippen molar-refractivity contribution in [2.75, 3.05) is 13.1 Å². The van der Waals surface area contributed by atoms with Crippen molar-refractivity contribution >= 4 is 6.03 Å². The number of hydrogen-bond donors (Lipinski definition) is 0. The van der Waals surface area contributed by atoms with Gasteiger partial charge >= 0.3 is 6.03 Å². The Morgan fingerprint density at radius 1 is 1.21 bits per heavy atom. The molecule has 2 fully saturated rings. The Labute approximate surface area is 131 Å². The van der Waals surface area contributed by atoms with Gasteiger partial charge in [-0.3, -0.25) is 0 Å². The van der Waals surface area contributed by atoms with Crippen LogP contribution in [-0.4, -0.2) is 28.6 Å². The second-order valence-corrected chi connectivity index (χ2v) is 5.81. The summed E-state index contributed by atoms with van der Waals surface area (Å²) in [5.41, 5.74) is 0. The predicted molar refractivity (Wildman–Crippen MR) is 68.0 cm³/mol.